The summed E-state index contributed by atoms with van der Waals surface area (Å²) in [6.45, 7) is 0. The van der Waals surface area contributed by atoms with Crippen LogP contribution in [0.3, 0.4) is 0 Å². The molecule has 2 aromatic rings. The lowest BCUT2D eigenvalue weighted by Gasteiger charge is -1.88. The summed E-state index contributed by atoms with van der Waals surface area (Å²) in [5, 5.41) is 6.40. The molecule has 0 aliphatic heterocycles. The molecule has 0 aliphatic rings. The first-order valence-electron chi connectivity index (χ1n) is 3.55. The van der Waals surface area contributed by atoms with Gasteiger partial charge >= 0.3 is 6.01 Å². The quantitative estimate of drug-likeness (QED) is 0.561. The second-order valence-corrected chi connectivity index (χ2v) is 2.36. The third-order valence-corrected chi connectivity index (χ3v) is 1.50. The number of anilines is 1. The van der Waals surface area contributed by atoms with E-state index in [9.17, 15) is 0 Å². The molecule has 1 aromatic carbocycles. The Bertz CT molecular complexity index is 374. The van der Waals surface area contributed by atoms with Crippen molar-refractivity contribution in [3.63, 3.8) is 0 Å². The van der Waals surface area contributed by atoms with E-state index in [1.165, 1.54) is 0 Å². The minimum atomic E-state index is 0. The van der Waals surface area contributed by atoms with E-state index < -0.39 is 0 Å². The van der Waals surface area contributed by atoms with Crippen molar-refractivity contribution >= 4 is 6.01 Å². The van der Waals surface area contributed by atoms with E-state index in [1.807, 2.05) is 30.3 Å². The summed E-state index contributed by atoms with van der Waals surface area (Å²) in [5.74, 6) is 0.508. The van der Waals surface area contributed by atoms with Gasteiger partial charge in [-0.05, 0) is 17.2 Å². The smallest absolute Gasteiger partial charge is 0.472 e. The molecule has 0 radical (unpaired) electrons. The minimum absolute atomic E-state index is 0. The van der Waals surface area contributed by atoms with E-state index in [0.717, 1.165) is 5.56 Å². The lowest BCUT2D eigenvalue weighted by atomic mass is 10.2. The second kappa shape index (κ2) is 3.91. The number of aromatic amines is 1. The molecule has 0 fully saturated rings. The Hall–Kier alpha value is -1.55. The minimum Gasteiger partial charge on any atom is -1.00 e. The van der Waals surface area contributed by atoms with Crippen molar-refractivity contribution in [2.24, 2.45) is 0 Å². The Kier molecular flexibility index (Phi) is 2.87. The number of halogens is 1. The number of benzene rings is 1. The van der Waals surface area contributed by atoms with E-state index >= 15 is 0 Å². The molecule has 1 aromatic heterocycles. The van der Waals surface area contributed by atoms with E-state index in [2.05, 4.69) is 10.2 Å². The highest BCUT2D eigenvalue weighted by Crippen LogP contribution is 2.15. The van der Waals surface area contributed by atoms with Gasteiger partial charge in [0, 0.05) is 5.56 Å². The monoisotopic (exact) mass is 197 g/mol. The van der Waals surface area contributed by atoms with Crippen molar-refractivity contribution in [1.82, 2.24) is 5.10 Å². The van der Waals surface area contributed by atoms with Gasteiger partial charge in [-0.15, -0.1) is 5.10 Å². The van der Waals surface area contributed by atoms with E-state index in [0.29, 0.717) is 5.89 Å². The molecule has 0 saturated carbocycles. The molecule has 68 valence electrons. The Morgan fingerprint density at radius 1 is 1.23 bits per heavy atom. The van der Waals surface area contributed by atoms with Gasteiger partial charge in [0.05, 0.1) is 0 Å². The Morgan fingerprint density at radius 3 is 2.46 bits per heavy atom. The van der Waals surface area contributed by atoms with E-state index in [1.54, 1.807) is 0 Å². The molecule has 0 saturated heterocycles. The first kappa shape index (κ1) is 9.54. The summed E-state index contributed by atoms with van der Waals surface area (Å²) in [4.78, 5) is 0. The van der Waals surface area contributed by atoms with Crippen molar-refractivity contribution in [3.8, 4) is 11.5 Å². The maximum atomic E-state index is 5.33. The summed E-state index contributed by atoms with van der Waals surface area (Å²) in [5.41, 5.74) is 6.24. The molecule has 0 amide bonds. The maximum Gasteiger partial charge on any atom is 0.472 e. The van der Waals surface area contributed by atoms with E-state index in [-0.39, 0.29) is 18.4 Å². The average molecular weight is 198 g/mol. The fourth-order valence-corrected chi connectivity index (χ4v) is 0.960. The summed E-state index contributed by atoms with van der Waals surface area (Å²) >= 11 is 0. The predicted octanol–water partition coefficient (Wildman–Crippen LogP) is -2.26. The Labute approximate surface area is 81.2 Å². The molecular formula is C8H8ClN3O. The number of rotatable bonds is 1. The van der Waals surface area contributed by atoms with Crippen LogP contribution in [0.2, 0.25) is 0 Å². The number of aromatic nitrogens is 2. The predicted molar refractivity (Wildman–Crippen MR) is 42.9 cm³/mol. The molecule has 5 heteroatoms. The highest BCUT2D eigenvalue weighted by atomic mass is 35.5. The van der Waals surface area contributed by atoms with Gasteiger partial charge in [-0.1, -0.05) is 18.2 Å². The third kappa shape index (κ3) is 1.97. The first-order valence-corrected chi connectivity index (χ1v) is 3.55. The van der Waals surface area contributed by atoms with Crippen LogP contribution in [0.1, 0.15) is 0 Å². The molecular weight excluding hydrogens is 190 g/mol. The first-order chi connectivity index (χ1) is 5.86. The largest absolute Gasteiger partial charge is 1.00 e. The van der Waals surface area contributed by atoms with Gasteiger partial charge in [-0.25, -0.2) is 0 Å². The van der Waals surface area contributed by atoms with Crippen molar-refractivity contribution in [2.75, 3.05) is 5.73 Å². The van der Waals surface area contributed by atoms with Gasteiger partial charge in [0.1, 0.15) is 0 Å². The number of nitrogens with zero attached hydrogens (tertiary/aromatic N) is 1. The van der Waals surface area contributed by atoms with Crippen LogP contribution in [-0.2, 0) is 0 Å². The van der Waals surface area contributed by atoms with Crippen LogP contribution in [0.4, 0.5) is 6.01 Å². The number of nitrogens with two attached hydrogens (primary N) is 1. The fourth-order valence-electron chi connectivity index (χ4n) is 0.960. The van der Waals surface area contributed by atoms with Gasteiger partial charge < -0.3 is 16.8 Å². The zero-order valence-electron chi connectivity index (χ0n) is 6.70. The highest BCUT2D eigenvalue weighted by Gasteiger charge is 2.07. The molecule has 3 N–H and O–H groups in total. The summed E-state index contributed by atoms with van der Waals surface area (Å²) in [6.07, 6.45) is 0. The van der Waals surface area contributed by atoms with Gasteiger partial charge in [0.15, 0.2) is 0 Å². The summed E-state index contributed by atoms with van der Waals surface area (Å²) in [7, 11) is 0. The van der Waals surface area contributed by atoms with Crippen LogP contribution in [0.5, 0.6) is 0 Å². The topological polar surface area (TPSA) is 66.2 Å². The highest BCUT2D eigenvalue weighted by molar-refractivity contribution is 5.51. The van der Waals surface area contributed by atoms with Crippen molar-refractivity contribution in [1.29, 1.82) is 0 Å². The number of H-pyrrole nitrogens is 1. The van der Waals surface area contributed by atoms with Crippen LogP contribution < -0.4 is 23.2 Å². The summed E-state index contributed by atoms with van der Waals surface area (Å²) < 4.78 is 5.08. The second-order valence-electron chi connectivity index (χ2n) is 2.36. The molecule has 0 aliphatic carbocycles. The number of nitrogen functional groups attached to an aromatic ring is 1. The van der Waals surface area contributed by atoms with Crippen LogP contribution >= 0.6 is 0 Å². The Balaban J connectivity index is 0.000000845. The van der Waals surface area contributed by atoms with Crippen LogP contribution in [0, 0.1) is 0 Å². The van der Waals surface area contributed by atoms with Gasteiger partial charge in [-0.3, -0.25) is 5.73 Å². The molecule has 0 unspecified atom stereocenters. The number of hydrogen-bond acceptors (Lipinski definition) is 3. The average Bonchev–Trinajstić information content (AvgIpc) is 2.54. The molecule has 0 spiro atoms. The number of hydrogen-bond donors (Lipinski definition) is 1. The van der Waals surface area contributed by atoms with Crippen LogP contribution in [0.25, 0.3) is 11.5 Å². The Morgan fingerprint density at radius 2 is 1.92 bits per heavy atom. The SMILES string of the molecule is Nc1[nH+]nc(-c2ccccc2)o1.[Cl-]. The summed E-state index contributed by atoms with van der Waals surface area (Å²) in [6, 6.07) is 9.78. The lowest BCUT2D eigenvalue weighted by Crippen LogP contribution is -3.00. The maximum absolute atomic E-state index is 5.33. The lowest BCUT2D eigenvalue weighted by molar-refractivity contribution is -0.437. The van der Waals surface area contributed by atoms with Crippen molar-refractivity contribution in [3.05, 3.63) is 30.3 Å². The van der Waals surface area contributed by atoms with Gasteiger partial charge in [0.2, 0.25) is 0 Å². The van der Waals surface area contributed by atoms with Gasteiger partial charge in [0.25, 0.3) is 5.89 Å². The molecule has 1 heterocycles. The van der Waals surface area contributed by atoms with Crippen molar-refractivity contribution < 1.29 is 21.9 Å². The van der Waals surface area contributed by atoms with E-state index in [4.69, 9.17) is 10.2 Å². The van der Waals surface area contributed by atoms with Crippen molar-refractivity contribution in [2.45, 2.75) is 0 Å². The number of nitrogens with one attached hydrogen (secondary N) is 1. The normalized spacial score (nSPS) is 9.23. The van der Waals surface area contributed by atoms with Crippen LogP contribution in [0.15, 0.2) is 34.7 Å². The molecule has 2 rings (SSSR count). The van der Waals surface area contributed by atoms with Gasteiger partial charge in [-0.2, -0.15) is 0 Å². The zero-order valence-corrected chi connectivity index (χ0v) is 7.45. The van der Waals surface area contributed by atoms with Crippen LogP contribution in [-0.4, -0.2) is 5.10 Å². The molecule has 13 heavy (non-hydrogen) atoms. The fraction of sp³-hybridized carbons (Fsp3) is 0. The molecule has 0 bridgehead atoms. The third-order valence-electron chi connectivity index (χ3n) is 1.50. The zero-order chi connectivity index (χ0) is 8.39. The molecule has 0 atom stereocenters. The standard InChI is InChI=1S/C8H7N3O.ClH/c9-8-11-10-7(12-8)6-4-2-1-3-5-6;/h1-5H,(H2,9,11);1H. The molecule has 4 nitrogen and oxygen atoms in total.